The predicted molar refractivity (Wildman–Crippen MR) is 124 cm³/mol. The molecule has 1 saturated heterocycles. The molecule has 4 aromatic rings. The highest BCUT2D eigenvalue weighted by Crippen LogP contribution is 2.45. The Balaban J connectivity index is 1.76. The molecule has 0 bridgehead atoms. The summed E-state index contributed by atoms with van der Waals surface area (Å²) in [5, 5.41) is 14.9. The number of amides is 1. The highest BCUT2D eigenvalue weighted by atomic mass is 32.1. The molecule has 5 heteroatoms. The molecule has 3 aromatic carbocycles. The lowest BCUT2D eigenvalue weighted by molar-refractivity contribution is -0.132. The number of carbonyl (C=O) groups excluding carboxylic acids is 2. The molecule has 0 saturated carbocycles. The number of fused-ring (bicyclic) bond motifs is 1. The molecule has 1 aliphatic heterocycles. The molecule has 4 nitrogen and oxygen atoms in total. The Labute approximate surface area is 183 Å². The third-order valence-corrected chi connectivity index (χ3v) is 6.53. The van der Waals surface area contributed by atoms with Gasteiger partial charge in [-0.05, 0) is 29.8 Å². The Hall–Kier alpha value is -3.70. The van der Waals surface area contributed by atoms with Crippen LogP contribution in [0.5, 0.6) is 0 Å². The molecule has 31 heavy (non-hydrogen) atoms. The van der Waals surface area contributed by atoms with E-state index in [2.05, 4.69) is 0 Å². The summed E-state index contributed by atoms with van der Waals surface area (Å²) in [6.07, 6.45) is 0. The normalized spacial score (nSPS) is 18.1. The second-order valence-corrected chi connectivity index (χ2v) is 8.53. The monoisotopic (exact) mass is 425 g/mol. The number of thiophene rings is 1. The fourth-order valence-electron chi connectivity index (χ4n) is 4.08. The van der Waals surface area contributed by atoms with Gasteiger partial charge in [0, 0.05) is 15.8 Å². The Morgan fingerprint density at radius 3 is 2.39 bits per heavy atom. The van der Waals surface area contributed by atoms with Gasteiger partial charge >= 0.3 is 0 Å². The number of anilines is 1. The van der Waals surface area contributed by atoms with E-state index in [1.165, 1.54) is 16.2 Å². The van der Waals surface area contributed by atoms with E-state index in [1.54, 1.807) is 12.1 Å². The highest BCUT2D eigenvalue weighted by molar-refractivity contribution is 7.10. The van der Waals surface area contributed by atoms with Crippen LogP contribution in [-0.4, -0.2) is 16.8 Å². The minimum absolute atomic E-state index is 0.115. The van der Waals surface area contributed by atoms with Gasteiger partial charge in [0.05, 0.1) is 11.3 Å². The van der Waals surface area contributed by atoms with Gasteiger partial charge in [-0.2, -0.15) is 0 Å². The number of aliphatic hydroxyl groups excluding tert-OH is 1. The second-order valence-electron chi connectivity index (χ2n) is 7.55. The Kier molecular flexibility index (Phi) is 4.68. The minimum Gasteiger partial charge on any atom is -0.507 e. The number of hydrogen-bond donors (Lipinski definition) is 1. The zero-order valence-corrected chi connectivity index (χ0v) is 17.6. The van der Waals surface area contributed by atoms with Gasteiger partial charge in [-0.1, -0.05) is 72.3 Å². The molecule has 0 spiro atoms. The van der Waals surface area contributed by atoms with Gasteiger partial charge < -0.3 is 5.11 Å². The van der Waals surface area contributed by atoms with E-state index in [9.17, 15) is 14.7 Å². The number of aryl methyl sites for hydroxylation is 1. The SMILES string of the molecule is Cc1ccc(/C(O)=C2/C(=O)C(=O)N(c3cccc4ccccc34)C2c2cccs2)cc1. The van der Waals surface area contributed by atoms with Gasteiger partial charge in [0.25, 0.3) is 11.7 Å². The molecule has 1 atom stereocenters. The molecular weight excluding hydrogens is 406 g/mol. The summed E-state index contributed by atoms with van der Waals surface area (Å²) < 4.78 is 0. The minimum atomic E-state index is -0.688. The fourth-order valence-corrected chi connectivity index (χ4v) is 4.91. The summed E-state index contributed by atoms with van der Waals surface area (Å²) in [6, 6.07) is 23.8. The van der Waals surface area contributed by atoms with Gasteiger partial charge in [-0.3, -0.25) is 14.5 Å². The van der Waals surface area contributed by atoms with Crippen molar-refractivity contribution < 1.29 is 14.7 Å². The van der Waals surface area contributed by atoms with Gasteiger partial charge in [0.15, 0.2) is 0 Å². The number of ketones is 1. The molecule has 0 aliphatic carbocycles. The summed E-state index contributed by atoms with van der Waals surface area (Å²) in [5.74, 6) is -1.47. The summed E-state index contributed by atoms with van der Waals surface area (Å²) in [5.41, 5.74) is 2.33. The van der Waals surface area contributed by atoms with Gasteiger partial charge in [0.2, 0.25) is 0 Å². The summed E-state index contributed by atoms with van der Waals surface area (Å²) in [6.45, 7) is 1.95. The standard InChI is InChI=1S/C26H19NO3S/c1-16-11-13-18(14-12-16)24(28)22-23(21-10-5-15-31-21)27(26(30)25(22)29)20-9-4-7-17-6-2-3-8-19(17)20/h2-15,23,28H,1H3/b24-22-. The summed E-state index contributed by atoms with van der Waals surface area (Å²) in [4.78, 5) is 28.8. The molecule has 1 amide bonds. The van der Waals surface area contributed by atoms with E-state index < -0.39 is 17.7 Å². The summed E-state index contributed by atoms with van der Waals surface area (Å²) >= 11 is 1.46. The largest absolute Gasteiger partial charge is 0.507 e. The molecule has 1 aliphatic rings. The zero-order valence-electron chi connectivity index (χ0n) is 16.8. The molecule has 0 radical (unpaired) electrons. The van der Waals surface area contributed by atoms with Crippen LogP contribution in [-0.2, 0) is 9.59 Å². The third kappa shape index (κ3) is 3.14. The molecule has 1 aromatic heterocycles. The Morgan fingerprint density at radius 1 is 0.903 bits per heavy atom. The smallest absolute Gasteiger partial charge is 0.300 e. The average molecular weight is 426 g/mol. The van der Waals surface area contributed by atoms with Gasteiger partial charge in [-0.25, -0.2) is 0 Å². The van der Waals surface area contributed by atoms with Crippen LogP contribution in [0.2, 0.25) is 0 Å². The van der Waals surface area contributed by atoms with Crippen LogP contribution in [0.3, 0.4) is 0 Å². The van der Waals surface area contributed by atoms with Crippen LogP contribution in [0.15, 0.2) is 89.8 Å². The number of nitrogens with zero attached hydrogens (tertiary/aromatic N) is 1. The van der Waals surface area contributed by atoms with Crippen molar-refractivity contribution in [3.63, 3.8) is 0 Å². The van der Waals surface area contributed by atoms with Gasteiger partial charge in [-0.15, -0.1) is 11.3 Å². The molecule has 5 rings (SSSR count). The van der Waals surface area contributed by atoms with Crippen LogP contribution < -0.4 is 4.90 Å². The van der Waals surface area contributed by atoms with Crippen molar-refractivity contribution in [1.29, 1.82) is 0 Å². The van der Waals surface area contributed by atoms with E-state index in [-0.39, 0.29) is 11.3 Å². The van der Waals surface area contributed by atoms with E-state index in [0.717, 1.165) is 21.2 Å². The van der Waals surface area contributed by atoms with Crippen molar-refractivity contribution >= 4 is 45.2 Å². The van der Waals surface area contributed by atoms with Gasteiger partial charge in [0.1, 0.15) is 11.8 Å². The molecule has 1 N–H and O–H groups in total. The number of aliphatic hydroxyl groups is 1. The predicted octanol–water partition coefficient (Wildman–Crippen LogP) is 5.84. The molecule has 1 unspecified atom stereocenters. The van der Waals surface area contributed by atoms with E-state index >= 15 is 0 Å². The number of benzene rings is 3. The van der Waals surface area contributed by atoms with E-state index in [1.807, 2.05) is 79.0 Å². The first-order valence-electron chi connectivity index (χ1n) is 9.95. The molecular formula is C26H19NO3S. The Morgan fingerprint density at radius 2 is 1.65 bits per heavy atom. The maximum absolute atomic E-state index is 13.3. The quantitative estimate of drug-likeness (QED) is 0.255. The number of rotatable bonds is 3. The lowest BCUT2D eigenvalue weighted by Crippen LogP contribution is -2.29. The van der Waals surface area contributed by atoms with E-state index in [4.69, 9.17) is 0 Å². The lowest BCUT2D eigenvalue weighted by atomic mass is 9.99. The van der Waals surface area contributed by atoms with Crippen molar-refractivity contribution in [2.45, 2.75) is 13.0 Å². The van der Waals surface area contributed by atoms with Crippen LogP contribution >= 0.6 is 11.3 Å². The first-order chi connectivity index (χ1) is 15.1. The molecule has 1 fully saturated rings. The second kappa shape index (κ2) is 7.52. The molecule has 152 valence electrons. The Bertz CT molecular complexity index is 1330. The van der Waals surface area contributed by atoms with Crippen molar-refractivity contribution in [3.8, 4) is 0 Å². The average Bonchev–Trinajstić information content (AvgIpc) is 3.41. The van der Waals surface area contributed by atoms with Crippen molar-refractivity contribution in [1.82, 2.24) is 0 Å². The first-order valence-corrected chi connectivity index (χ1v) is 10.8. The maximum atomic E-state index is 13.3. The number of carbonyl (C=O) groups is 2. The highest BCUT2D eigenvalue weighted by Gasteiger charge is 2.47. The maximum Gasteiger partial charge on any atom is 0.300 e. The number of Topliss-reactive ketones (excluding diaryl/α,β-unsaturated/α-hetero) is 1. The van der Waals surface area contributed by atoms with Crippen LogP contribution in [0.1, 0.15) is 22.0 Å². The van der Waals surface area contributed by atoms with Crippen LogP contribution in [0.25, 0.3) is 16.5 Å². The topological polar surface area (TPSA) is 57.6 Å². The fraction of sp³-hybridized carbons (Fsp3) is 0.0769. The first kappa shape index (κ1) is 19.3. The van der Waals surface area contributed by atoms with Crippen molar-refractivity contribution in [2.75, 3.05) is 4.90 Å². The van der Waals surface area contributed by atoms with Crippen LogP contribution in [0, 0.1) is 6.92 Å². The van der Waals surface area contributed by atoms with Crippen LogP contribution in [0.4, 0.5) is 5.69 Å². The third-order valence-electron chi connectivity index (χ3n) is 5.61. The molecule has 2 heterocycles. The van der Waals surface area contributed by atoms with E-state index in [0.29, 0.717) is 11.3 Å². The number of hydrogen-bond acceptors (Lipinski definition) is 4. The van der Waals surface area contributed by atoms with Crippen molar-refractivity contribution in [2.24, 2.45) is 0 Å². The summed E-state index contributed by atoms with van der Waals surface area (Å²) in [7, 11) is 0. The lowest BCUT2D eigenvalue weighted by Gasteiger charge is -2.25. The zero-order chi connectivity index (χ0) is 21.5. The van der Waals surface area contributed by atoms with Crippen molar-refractivity contribution in [3.05, 3.63) is 106 Å².